The van der Waals surface area contributed by atoms with Crippen molar-refractivity contribution < 1.29 is 0 Å². The fraction of sp³-hybridized carbons (Fsp3) is 0.467. The van der Waals surface area contributed by atoms with Crippen LogP contribution in [-0.2, 0) is 6.54 Å². The summed E-state index contributed by atoms with van der Waals surface area (Å²) in [5.41, 5.74) is 4.07. The number of hydrogen-bond donors (Lipinski definition) is 0. The number of benzene rings is 1. The molecule has 0 atom stereocenters. The monoisotopic (exact) mass is 241 g/mol. The zero-order valence-electron chi connectivity index (χ0n) is 10.7. The van der Waals surface area contributed by atoms with Gasteiger partial charge in [0.1, 0.15) is 0 Å². The van der Waals surface area contributed by atoms with Crippen molar-refractivity contribution in [3.8, 4) is 0 Å². The van der Waals surface area contributed by atoms with Gasteiger partial charge in [-0.3, -0.25) is 5.01 Å². The van der Waals surface area contributed by atoms with Gasteiger partial charge in [-0.1, -0.05) is 42.0 Å². The van der Waals surface area contributed by atoms with Crippen molar-refractivity contribution in [2.45, 2.75) is 38.6 Å². The van der Waals surface area contributed by atoms with Gasteiger partial charge >= 0.3 is 0 Å². The van der Waals surface area contributed by atoms with Crippen LogP contribution in [0.1, 0.15) is 37.7 Å². The maximum atomic E-state index is 4.37. The molecule has 3 nitrogen and oxygen atoms in total. The Balaban J connectivity index is 1.64. The van der Waals surface area contributed by atoms with E-state index in [9.17, 15) is 0 Å². The second kappa shape index (κ2) is 5.34. The van der Waals surface area contributed by atoms with Crippen LogP contribution in [-0.4, -0.2) is 11.6 Å². The van der Waals surface area contributed by atoms with Crippen molar-refractivity contribution in [3.63, 3.8) is 0 Å². The van der Waals surface area contributed by atoms with E-state index in [0.29, 0.717) is 0 Å². The Hall–Kier alpha value is -1.64. The van der Waals surface area contributed by atoms with Crippen LogP contribution in [0.4, 0.5) is 0 Å². The summed E-state index contributed by atoms with van der Waals surface area (Å²) in [5.74, 6) is 0. The largest absolute Gasteiger partial charge is 0.268 e. The molecule has 3 rings (SSSR count). The highest BCUT2D eigenvalue weighted by Gasteiger charge is 2.18. The molecule has 3 heteroatoms. The van der Waals surface area contributed by atoms with Crippen molar-refractivity contribution in [3.05, 3.63) is 47.2 Å². The summed E-state index contributed by atoms with van der Waals surface area (Å²) >= 11 is 0. The lowest BCUT2D eigenvalue weighted by molar-refractivity contribution is 0.316. The van der Waals surface area contributed by atoms with E-state index < -0.39 is 0 Å². The summed E-state index contributed by atoms with van der Waals surface area (Å²) < 4.78 is 0. The third-order valence-corrected chi connectivity index (χ3v) is 3.70. The molecule has 0 amide bonds. The quantitative estimate of drug-likeness (QED) is 0.766. The normalized spacial score (nSPS) is 19.7. The van der Waals surface area contributed by atoms with Crippen molar-refractivity contribution in [2.75, 3.05) is 6.54 Å². The molecule has 1 aliphatic heterocycles. The average Bonchev–Trinajstić information content (AvgIpc) is 2.89. The number of nitrogens with zero attached hydrogens (tertiary/aromatic N) is 3. The van der Waals surface area contributed by atoms with Gasteiger partial charge in [0.05, 0.1) is 18.8 Å². The molecule has 0 N–H and O–H groups in total. The van der Waals surface area contributed by atoms with E-state index in [1.54, 1.807) is 5.57 Å². The lowest BCUT2D eigenvalue weighted by Crippen LogP contribution is -2.15. The van der Waals surface area contributed by atoms with Crippen LogP contribution in [0.2, 0.25) is 0 Å². The van der Waals surface area contributed by atoms with E-state index in [4.69, 9.17) is 0 Å². The smallest absolute Gasteiger partial charge is 0.0851 e. The van der Waals surface area contributed by atoms with E-state index in [-0.39, 0.29) is 0 Å². The molecule has 0 bridgehead atoms. The van der Waals surface area contributed by atoms with Crippen LogP contribution in [0.3, 0.4) is 0 Å². The van der Waals surface area contributed by atoms with Crippen LogP contribution in [0.15, 0.2) is 51.9 Å². The number of allylic oxidation sites excluding steroid dienone is 1. The van der Waals surface area contributed by atoms with E-state index in [2.05, 4.69) is 39.6 Å². The van der Waals surface area contributed by atoms with Crippen molar-refractivity contribution in [2.24, 2.45) is 10.3 Å². The Labute approximate surface area is 108 Å². The molecule has 1 aliphatic carbocycles. The molecule has 1 aromatic carbocycles. The third kappa shape index (κ3) is 2.61. The van der Waals surface area contributed by atoms with Gasteiger partial charge in [0.15, 0.2) is 0 Å². The molecule has 1 fully saturated rings. The van der Waals surface area contributed by atoms with Gasteiger partial charge in [-0.25, -0.2) is 0 Å². The molecule has 2 aliphatic rings. The highest BCUT2D eigenvalue weighted by molar-refractivity contribution is 5.19. The summed E-state index contributed by atoms with van der Waals surface area (Å²) in [7, 11) is 0. The molecule has 0 spiro atoms. The van der Waals surface area contributed by atoms with Gasteiger partial charge in [0.25, 0.3) is 0 Å². The predicted molar refractivity (Wildman–Crippen MR) is 71.8 cm³/mol. The van der Waals surface area contributed by atoms with Gasteiger partial charge in [0, 0.05) is 0 Å². The standard InChI is InChI=1S/C15H19N3/c1-3-7-13(8-4-1)11-18-12-15(16-17-18)14-9-5-2-6-10-14/h1,3-4,7-8H,2,5-6,9-12H2. The summed E-state index contributed by atoms with van der Waals surface area (Å²) in [5, 5.41) is 10.7. The van der Waals surface area contributed by atoms with Crippen molar-refractivity contribution in [1.82, 2.24) is 5.01 Å². The van der Waals surface area contributed by atoms with Crippen LogP contribution >= 0.6 is 0 Å². The fourth-order valence-electron chi connectivity index (χ4n) is 2.68. The lowest BCUT2D eigenvalue weighted by atomic mass is 9.93. The summed E-state index contributed by atoms with van der Waals surface area (Å²) in [6, 6.07) is 10.5. The second-order valence-corrected chi connectivity index (χ2v) is 5.11. The molecule has 1 saturated carbocycles. The minimum absolute atomic E-state index is 0.862. The molecular weight excluding hydrogens is 222 g/mol. The zero-order valence-corrected chi connectivity index (χ0v) is 10.7. The van der Waals surface area contributed by atoms with Crippen LogP contribution < -0.4 is 0 Å². The summed E-state index contributed by atoms with van der Waals surface area (Å²) in [6.45, 7) is 1.76. The summed E-state index contributed by atoms with van der Waals surface area (Å²) in [6.07, 6.45) is 6.49. The van der Waals surface area contributed by atoms with E-state index in [0.717, 1.165) is 13.1 Å². The first-order valence-corrected chi connectivity index (χ1v) is 6.83. The Bertz CT molecular complexity index is 454. The van der Waals surface area contributed by atoms with E-state index >= 15 is 0 Å². The Kier molecular flexibility index (Phi) is 3.40. The zero-order chi connectivity index (χ0) is 12.2. The minimum Gasteiger partial charge on any atom is -0.268 e. The second-order valence-electron chi connectivity index (χ2n) is 5.11. The van der Waals surface area contributed by atoms with Gasteiger partial charge in [0.2, 0.25) is 0 Å². The summed E-state index contributed by atoms with van der Waals surface area (Å²) in [4.78, 5) is 0. The maximum Gasteiger partial charge on any atom is 0.0851 e. The maximum absolute atomic E-state index is 4.37. The molecule has 1 aromatic rings. The van der Waals surface area contributed by atoms with Crippen LogP contribution in [0.5, 0.6) is 0 Å². The Morgan fingerprint density at radius 3 is 2.56 bits per heavy atom. The number of hydrogen-bond acceptors (Lipinski definition) is 3. The molecular formula is C15H19N3. The predicted octanol–water partition coefficient (Wildman–Crippen LogP) is 4.09. The molecule has 0 unspecified atom stereocenters. The van der Waals surface area contributed by atoms with Gasteiger partial charge in [-0.2, -0.15) is 0 Å². The molecule has 18 heavy (non-hydrogen) atoms. The average molecular weight is 241 g/mol. The number of rotatable bonds is 2. The molecule has 0 saturated heterocycles. The van der Waals surface area contributed by atoms with Gasteiger partial charge < -0.3 is 0 Å². The van der Waals surface area contributed by atoms with Crippen LogP contribution in [0.25, 0.3) is 0 Å². The van der Waals surface area contributed by atoms with Crippen molar-refractivity contribution in [1.29, 1.82) is 0 Å². The van der Waals surface area contributed by atoms with E-state index in [1.807, 2.05) is 6.07 Å². The fourth-order valence-corrected chi connectivity index (χ4v) is 2.68. The Morgan fingerprint density at radius 2 is 1.78 bits per heavy atom. The SMILES string of the molecule is c1ccc(CN2CC(=C3CCCCC3)N=N2)cc1. The highest BCUT2D eigenvalue weighted by Crippen LogP contribution is 2.29. The highest BCUT2D eigenvalue weighted by atomic mass is 15.6. The van der Waals surface area contributed by atoms with Gasteiger partial charge in [-0.15, -0.1) is 5.11 Å². The van der Waals surface area contributed by atoms with Crippen molar-refractivity contribution >= 4 is 0 Å². The van der Waals surface area contributed by atoms with Gasteiger partial charge in [-0.05, 0) is 36.8 Å². The lowest BCUT2D eigenvalue weighted by Gasteiger charge is -2.16. The first kappa shape index (κ1) is 11.5. The molecule has 0 radical (unpaired) electrons. The molecule has 1 heterocycles. The topological polar surface area (TPSA) is 28.0 Å². The minimum atomic E-state index is 0.862. The Morgan fingerprint density at radius 1 is 1.00 bits per heavy atom. The first-order valence-electron chi connectivity index (χ1n) is 6.83. The molecule has 0 aromatic heterocycles. The first-order chi connectivity index (χ1) is 8.92. The molecule has 94 valence electrons. The third-order valence-electron chi connectivity index (χ3n) is 3.70. The van der Waals surface area contributed by atoms with Crippen LogP contribution in [0, 0.1) is 0 Å². The van der Waals surface area contributed by atoms with E-state index in [1.165, 1.54) is 43.4 Å².